The molecule has 1 atom stereocenters. The zero-order valence-corrected chi connectivity index (χ0v) is 12.2. The fourth-order valence-corrected chi connectivity index (χ4v) is 2.62. The van der Waals surface area contributed by atoms with Gasteiger partial charge < -0.3 is 5.32 Å². The second-order valence-corrected chi connectivity index (χ2v) is 5.33. The van der Waals surface area contributed by atoms with E-state index in [1.54, 1.807) is 0 Å². The van der Waals surface area contributed by atoms with Crippen LogP contribution in [-0.2, 0) is 6.42 Å². The Morgan fingerprint density at radius 3 is 2.47 bits per heavy atom. The van der Waals surface area contributed by atoms with Crippen molar-refractivity contribution in [2.24, 2.45) is 0 Å². The lowest BCUT2D eigenvalue weighted by atomic mass is 9.99. The molecule has 0 heterocycles. The van der Waals surface area contributed by atoms with Gasteiger partial charge in [-0.1, -0.05) is 62.7 Å². The van der Waals surface area contributed by atoms with E-state index in [2.05, 4.69) is 61.6 Å². The molecule has 19 heavy (non-hydrogen) atoms. The lowest BCUT2D eigenvalue weighted by Gasteiger charge is -2.18. The molecule has 1 heteroatoms. The summed E-state index contributed by atoms with van der Waals surface area (Å²) >= 11 is 0. The zero-order chi connectivity index (χ0) is 13.5. The van der Waals surface area contributed by atoms with Crippen molar-refractivity contribution in [2.75, 3.05) is 6.54 Å². The van der Waals surface area contributed by atoms with Crippen LogP contribution in [0.4, 0.5) is 0 Å². The highest BCUT2D eigenvalue weighted by molar-refractivity contribution is 5.82. The molecule has 0 aliphatic heterocycles. The molecule has 0 aliphatic carbocycles. The van der Waals surface area contributed by atoms with E-state index >= 15 is 0 Å². The van der Waals surface area contributed by atoms with Crippen LogP contribution in [0.3, 0.4) is 0 Å². The summed E-state index contributed by atoms with van der Waals surface area (Å²) < 4.78 is 0. The van der Waals surface area contributed by atoms with Crippen molar-refractivity contribution in [3.63, 3.8) is 0 Å². The SMILES string of the molecule is CCCNC(CCC)Cc1ccc2ccccc2c1. The topological polar surface area (TPSA) is 12.0 Å². The maximum Gasteiger partial charge on any atom is 0.0107 e. The Hall–Kier alpha value is -1.34. The molecule has 0 bridgehead atoms. The summed E-state index contributed by atoms with van der Waals surface area (Å²) in [6.45, 7) is 5.62. The van der Waals surface area contributed by atoms with Crippen LogP contribution in [0.5, 0.6) is 0 Å². The number of hydrogen-bond acceptors (Lipinski definition) is 1. The molecule has 2 aromatic rings. The molecule has 0 aliphatic rings. The molecule has 0 radical (unpaired) electrons. The van der Waals surface area contributed by atoms with Gasteiger partial charge in [0.15, 0.2) is 0 Å². The van der Waals surface area contributed by atoms with Gasteiger partial charge in [0.05, 0.1) is 0 Å². The van der Waals surface area contributed by atoms with Crippen LogP contribution in [-0.4, -0.2) is 12.6 Å². The molecule has 0 saturated heterocycles. The number of benzene rings is 2. The normalized spacial score (nSPS) is 12.7. The van der Waals surface area contributed by atoms with Gasteiger partial charge in [0.25, 0.3) is 0 Å². The molecule has 102 valence electrons. The summed E-state index contributed by atoms with van der Waals surface area (Å²) in [6, 6.07) is 16.1. The molecule has 2 aromatic carbocycles. The van der Waals surface area contributed by atoms with E-state index in [-0.39, 0.29) is 0 Å². The van der Waals surface area contributed by atoms with Crippen LogP contribution < -0.4 is 5.32 Å². The average molecular weight is 255 g/mol. The lowest BCUT2D eigenvalue weighted by Crippen LogP contribution is -2.31. The lowest BCUT2D eigenvalue weighted by molar-refractivity contribution is 0.473. The van der Waals surface area contributed by atoms with E-state index < -0.39 is 0 Å². The van der Waals surface area contributed by atoms with Crippen LogP contribution in [0.15, 0.2) is 42.5 Å². The van der Waals surface area contributed by atoms with Gasteiger partial charge in [-0.2, -0.15) is 0 Å². The Morgan fingerprint density at radius 2 is 1.74 bits per heavy atom. The molecule has 0 saturated carbocycles. The molecule has 0 fully saturated rings. The minimum absolute atomic E-state index is 0.617. The van der Waals surface area contributed by atoms with E-state index in [0.29, 0.717) is 6.04 Å². The maximum absolute atomic E-state index is 3.67. The monoisotopic (exact) mass is 255 g/mol. The summed E-state index contributed by atoms with van der Waals surface area (Å²) in [7, 11) is 0. The third kappa shape index (κ3) is 4.07. The van der Waals surface area contributed by atoms with E-state index in [4.69, 9.17) is 0 Å². The van der Waals surface area contributed by atoms with Crippen LogP contribution in [0, 0.1) is 0 Å². The van der Waals surface area contributed by atoms with Crippen LogP contribution in [0.1, 0.15) is 38.7 Å². The number of rotatable bonds is 7. The summed E-state index contributed by atoms with van der Waals surface area (Å²) in [5.74, 6) is 0. The highest BCUT2D eigenvalue weighted by Gasteiger charge is 2.08. The fourth-order valence-electron chi connectivity index (χ4n) is 2.62. The Kier molecular flexibility index (Phi) is 5.41. The standard InChI is InChI=1S/C18H25N/c1-3-7-18(19-12-4-2)14-15-10-11-16-8-5-6-9-17(16)13-15/h5-6,8-11,13,18-19H,3-4,7,12,14H2,1-2H3. The first-order chi connectivity index (χ1) is 9.33. The smallest absolute Gasteiger partial charge is 0.0107 e. The van der Waals surface area contributed by atoms with E-state index in [1.165, 1.54) is 35.6 Å². The van der Waals surface area contributed by atoms with Gasteiger partial charge in [-0.15, -0.1) is 0 Å². The predicted octanol–water partition coefficient (Wildman–Crippen LogP) is 4.55. The minimum Gasteiger partial charge on any atom is -0.314 e. The van der Waals surface area contributed by atoms with Crippen LogP contribution >= 0.6 is 0 Å². The van der Waals surface area contributed by atoms with Crippen molar-refractivity contribution in [1.82, 2.24) is 5.32 Å². The second kappa shape index (κ2) is 7.30. The predicted molar refractivity (Wildman–Crippen MR) is 84.6 cm³/mol. The summed E-state index contributed by atoms with van der Waals surface area (Å²) in [5, 5.41) is 6.35. The summed E-state index contributed by atoms with van der Waals surface area (Å²) in [5.41, 5.74) is 1.45. The maximum atomic E-state index is 3.67. The molecule has 1 unspecified atom stereocenters. The molecular weight excluding hydrogens is 230 g/mol. The van der Waals surface area contributed by atoms with Crippen molar-refractivity contribution >= 4 is 10.8 Å². The molecule has 0 spiro atoms. The van der Waals surface area contributed by atoms with E-state index in [1.807, 2.05) is 0 Å². The number of hydrogen-bond donors (Lipinski definition) is 1. The van der Waals surface area contributed by atoms with E-state index in [9.17, 15) is 0 Å². The Balaban J connectivity index is 2.09. The molecule has 1 nitrogen and oxygen atoms in total. The first-order valence-corrected chi connectivity index (χ1v) is 7.54. The van der Waals surface area contributed by atoms with Crippen molar-refractivity contribution in [3.05, 3.63) is 48.0 Å². The number of fused-ring (bicyclic) bond motifs is 1. The first-order valence-electron chi connectivity index (χ1n) is 7.54. The Bertz CT molecular complexity index is 504. The van der Waals surface area contributed by atoms with Gasteiger partial charge in [0.2, 0.25) is 0 Å². The molecule has 1 N–H and O–H groups in total. The molecule has 0 amide bonds. The van der Waals surface area contributed by atoms with Crippen molar-refractivity contribution < 1.29 is 0 Å². The van der Waals surface area contributed by atoms with Gasteiger partial charge in [0, 0.05) is 6.04 Å². The van der Waals surface area contributed by atoms with Crippen molar-refractivity contribution in [1.29, 1.82) is 0 Å². The molecule has 0 aromatic heterocycles. The first kappa shape index (κ1) is 14.1. The number of nitrogens with one attached hydrogen (secondary N) is 1. The van der Waals surface area contributed by atoms with Crippen LogP contribution in [0.2, 0.25) is 0 Å². The molecular formula is C18H25N. The fraction of sp³-hybridized carbons (Fsp3) is 0.444. The third-order valence-electron chi connectivity index (χ3n) is 3.62. The zero-order valence-electron chi connectivity index (χ0n) is 12.2. The largest absolute Gasteiger partial charge is 0.314 e. The van der Waals surface area contributed by atoms with E-state index in [0.717, 1.165) is 13.0 Å². The van der Waals surface area contributed by atoms with Gasteiger partial charge in [0.1, 0.15) is 0 Å². The minimum atomic E-state index is 0.617. The van der Waals surface area contributed by atoms with Crippen molar-refractivity contribution in [2.45, 2.75) is 45.6 Å². The Morgan fingerprint density at radius 1 is 0.947 bits per heavy atom. The van der Waals surface area contributed by atoms with Gasteiger partial charge in [-0.25, -0.2) is 0 Å². The third-order valence-corrected chi connectivity index (χ3v) is 3.62. The van der Waals surface area contributed by atoms with Gasteiger partial charge >= 0.3 is 0 Å². The van der Waals surface area contributed by atoms with Crippen molar-refractivity contribution in [3.8, 4) is 0 Å². The van der Waals surface area contributed by atoms with Gasteiger partial charge in [-0.3, -0.25) is 0 Å². The van der Waals surface area contributed by atoms with Gasteiger partial charge in [-0.05, 0) is 42.1 Å². The summed E-state index contributed by atoms with van der Waals surface area (Å²) in [4.78, 5) is 0. The summed E-state index contributed by atoms with van der Waals surface area (Å²) in [6.07, 6.45) is 4.85. The average Bonchev–Trinajstić information content (AvgIpc) is 2.45. The molecule has 2 rings (SSSR count). The Labute approximate surface area is 117 Å². The highest BCUT2D eigenvalue weighted by atomic mass is 14.9. The quantitative estimate of drug-likeness (QED) is 0.765. The highest BCUT2D eigenvalue weighted by Crippen LogP contribution is 2.17. The van der Waals surface area contributed by atoms with Crippen LogP contribution in [0.25, 0.3) is 10.8 Å². The second-order valence-electron chi connectivity index (χ2n) is 5.33.